The number of nitrogens with one attached hydrogen (secondary N) is 2. The molecule has 92 valence electrons. The van der Waals surface area contributed by atoms with Gasteiger partial charge in [0.05, 0.1) is 5.60 Å². The molecule has 1 amide bonds. The van der Waals surface area contributed by atoms with Gasteiger partial charge in [0.1, 0.15) is 0 Å². The highest BCUT2D eigenvalue weighted by Gasteiger charge is 2.30. The van der Waals surface area contributed by atoms with Crippen molar-refractivity contribution in [2.45, 2.75) is 56.6 Å². The third kappa shape index (κ3) is 3.19. The molecule has 0 aromatic rings. The van der Waals surface area contributed by atoms with E-state index in [0.29, 0.717) is 25.6 Å². The van der Waals surface area contributed by atoms with Crippen molar-refractivity contribution in [2.75, 3.05) is 13.1 Å². The van der Waals surface area contributed by atoms with Crippen LogP contribution in [-0.4, -0.2) is 35.7 Å². The van der Waals surface area contributed by atoms with E-state index in [0.717, 1.165) is 32.1 Å². The summed E-state index contributed by atoms with van der Waals surface area (Å²) >= 11 is 0. The second kappa shape index (κ2) is 5.15. The molecule has 1 saturated heterocycles. The van der Waals surface area contributed by atoms with Gasteiger partial charge in [0.15, 0.2) is 0 Å². The van der Waals surface area contributed by atoms with Gasteiger partial charge >= 0.3 is 0 Å². The molecule has 0 bridgehead atoms. The summed E-state index contributed by atoms with van der Waals surface area (Å²) in [7, 11) is 0. The fourth-order valence-corrected chi connectivity index (χ4v) is 2.63. The first-order valence-electron chi connectivity index (χ1n) is 6.40. The van der Waals surface area contributed by atoms with Crippen LogP contribution in [-0.2, 0) is 4.79 Å². The van der Waals surface area contributed by atoms with Gasteiger partial charge in [0.2, 0.25) is 5.91 Å². The second-order valence-corrected chi connectivity index (χ2v) is 5.21. The minimum Gasteiger partial charge on any atom is -0.389 e. The number of carbonyl (C=O) groups excluding carboxylic acids is 1. The summed E-state index contributed by atoms with van der Waals surface area (Å²) < 4.78 is 0. The molecule has 1 atom stereocenters. The molecule has 0 aromatic carbocycles. The van der Waals surface area contributed by atoms with Crippen LogP contribution in [0.1, 0.15) is 44.9 Å². The Morgan fingerprint density at radius 2 is 2.12 bits per heavy atom. The Balaban J connectivity index is 1.71. The lowest BCUT2D eigenvalue weighted by Gasteiger charge is -2.34. The first-order chi connectivity index (χ1) is 7.68. The van der Waals surface area contributed by atoms with Crippen LogP contribution in [0.15, 0.2) is 0 Å². The number of aliphatic hydroxyl groups is 1. The molecule has 2 aliphatic rings. The molecule has 0 spiro atoms. The Labute approximate surface area is 96.8 Å². The predicted octanol–water partition coefficient (Wildman–Crippen LogP) is 0.550. The van der Waals surface area contributed by atoms with Crippen molar-refractivity contribution in [3.8, 4) is 0 Å². The standard InChI is InChI=1S/C12H22N2O2/c15-11-5-4-10(8-13-11)14-9-12(16)6-2-1-3-7-12/h10,14,16H,1-9H2,(H,13,15). The molecule has 1 unspecified atom stereocenters. The van der Waals surface area contributed by atoms with Crippen LogP contribution >= 0.6 is 0 Å². The molecule has 1 heterocycles. The number of amides is 1. The van der Waals surface area contributed by atoms with Crippen LogP contribution in [0.2, 0.25) is 0 Å². The lowest BCUT2D eigenvalue weighted by molar-refractivity contribution is -0.122. The topological polar surface area (TPSA) is 61.4 Å². The Morgan fingerprint density at radius 1 is 1.38 bits per heavy atom. The maximum Gasteiger partial charge on any atom is 0.220 e. The molecule has 1 saturated carbocycles. The van der Waals surface area contributed by atoms with Crippen LogP contribution in [0.5, 0.6) is 0 Å². The van der Waals surface area contributed by atoms with E-state index in [4.69, 9.17) is 0 Å². The van der Waals surface area contributed by atoms with Gasteiger partial charge in [-0.2, -0.15) is 0 Å². The molecular formula is C12H22N2O2. The minimum absolute atomic E-state index is 0.148. The first kappa shape index (κ1) is 11.9. The van der Waals surface area contributed by atoms with Crippen molar-refractivity contribution in [2.24, 2.45) is 0 Å². The van der Waals surface area contributed by atoms with Gasteiger partial charge in [-0.15, -0.1) is 0 Å². The van der Waals surface area contributed by atoms with E-state index < -0.39 is 5.60 Å². The molecule has 1 aliphatic carbocycles. The van der Waals surface area contributed by atoms with Gasteiger partial charge in [-0.1, -0.05) is 19.3 Å². The molecule has 1 aliphatic heterocycles. The minimum atomic E-state index is -0.500. The lowest BCUT2D eigenvalue weighted by Crippen LogP contribution is -2.51. The average molecular weight is 226 g/mol. The summed E-state index contributed by atoms with van der Waals surface area (Å²) in [4.78, 5) is 11.0. The fourth-order valence-electron chi connectivity index (χ4n) is 2.63. The molecule has 3 N–H and O–H groups in total. The fraction of sp³-hybridized carbons (Fsp3) is 0.917. The zero-order valence-electron chi connectivity index (χ0n) is 9.80. The second-order valence-electron chi connectivity index (χ2n) is 5.21. The average Bonchev–Trinajstić information content (AvgIpc) is 2.29. The third-order valence-electron chi connectivity index (χ3n) is 3.77. The maximum absolute atomic E-state index is 11.0. The highest BCUT2D eigenvalue weighted by molar-refractivity contribution is 5.76. The third-order valence-corrected chi connectivity index (χ3v) is 3.77. The molecule has 4 heteroatoms. The molecule has 0 radical (unpaired) electrons. The largest absolute Gasteiger partial charge is 0.389 e. The van der Waals surface area contributed by atoms with Crippen molar-refractivity contribution >= 4 is 5.91 Å². The quantitative estimate of drug-likeness (QED) is 0.658. The van der Waals surface area contributed by atoms with Crippen molar-refractivity contribution in [1.29, 1.82) is 0 Å². The smallest absolute Gasteiger partial charge is 0.220 e. The molecule has 0 aromatic heterocycles. The highest BCUT2D eigenvalue weighted by Crippen LogP contribution is 2.27. The van der Waals surface area contributed by atoms with Crippen molar-refractivity contribution in [1.82, 2.24) is 10.6 Å². The number of hydrogen-bond acceptors (Lipinski definition) is 3. The van der Waals surface area contributed by atoms with Crippen LogP contribution in [0, 0.1) is 0 Å². The van der Waals surface area contributed by atoms with Gasteiger partial charge < -0.3 is 15.7 Å². The monoisotopic (exact) mass is 226 g/mol. The number of rotatable bonds is 3. The number of hydrogen-bond donors (Lipinski definition) is 3. The van der Waals surface area contributed by atoms with Gasteiger partial charge in [-0.05, 0) is 19.3 Å². The van der Waals surface area contributed by atoms with Gasteiger partial charge in [-0.3, -0.25) is 4.79 Å². The van der Waals surface area contributed by atoms with Crippen LogP contribution in [0.4, 0.5) is 0 Å². The van der Waals surface area contributed by atoms with E-state index in [1.54, 1.807) is 0 Å². The Bertz CT molecular complexity index is 239. The van der Waals surface area contributed by atoms with Crippen LogP contribution < -0.4 is 10.6 Å². The highest BCUT2D eigenvalue weighted by atomic mass is 16.3. The zero-order chi connectivity index (χ0) is 11.4. The van der Waals surface area contributed by atoms with E-state index in [9.17, 15) is 9.90 Å². The summed E-state index contributed by atoms with van der Waals surface area (Å²) in [5.41, 5.74) is -0.500. The van der Waals surface area contributed by atoms with E-state index in [1.807, 2.05) is 0 Å². The maximum atomic E-state index is 11.0. The first-order valence-corrected chi connectivity index (χ1v) is 6.40. The normalized spacial score (nSPS) is 29.8. The van der Waals surface area contributed by atoms with Crippen molar-refractivity contribution in [3.63, 3.8) is 0 Å². The number of piperidine rings is 1. The molecule has 16 heavy (non-hydrogen) atoms. The summed E-state index contributed by atoms with van der Waals surface area (Å²) in [5, 5.41) is 16.5. The van der Waals surface area contributed by atoms with Crippen molar-refractivity contribution < 1.29 is 9.90 Å². The molecule has 4 nitrogen and oxygen atoms in total. The lowest BCUT2D eigenvalue weighted by atomic mass is 9.84. The number of carbonyl (C=O) groups is 1. The Kier molecular flexibility index (Phi) is 3.82. The summed E-state index contributed by atoms with van der Waals surface area (Å²) in [6, 6.07) is 0.337. The summed E-state index contributed by atoms with van der Waals surface area (Å²) in [5.74, 6) is 0.148. The van der Waals surface area contributed by atoms with Gasteiger partial charge in [0, 0.05) is 25.6 Å². The summed E-state index contributed by atoms with van der Waals surface area (Å²) in [6.45, 7) is 1.38. The van der Waals surface area contributed by atoms with Gasteiger partial charge in [-0.25, -0.2) is 0 Å². The zero-order valence-corrected chi connectivity index (χ0v) is 9.80. The summed E-state index contributed by atoms with van der Waals surface area (Å²) in [6.07, 6.45) is 6.86. The van der Waals surface area contributed by atoms with E-state index >= 15 is 0 Å². The Morgan fingerprint density at radius 3 is 2.75 bits per heavy atom. The van der Waals surface area contributed by atoms with E-state index in [2.05, 4.69) is 10.6 Å². The molecular weight excluding hydrogens is 204 g/mol. The molecule has 2 rings (SSSR count). The van der Waals surface area contributed by atoms with Crippen LogP contribution in [0.25, 0.3) is 0 Å². The predicted molar refractivity (Wildman–Crippen MR) is 62.1 cm³/mol. The SMILES string of the molecule is O=C1CCC(NCC2(O)CCCCC2)CN1. The van der Waals surface area contributed by atoms with Crippen molar-refractivity contribution in [3.05, 3.63) is 0 Å². The van der Waals surface area contributed by atoms with E-state index in [-0.39, 0.29) is 5.91 Å². The van der Waals surface area contributed by atoms with Crippen LogP contribution in [0.3, 0.4) is 0 Å². The molecule has 2 fully saturated rings. The van der Waals surface area contributed by atoms with E-state index in [1.165, 1.54) is 6.42 Å². The van der Waals surface area contributed by atoms with Gasteiger partial charge in [0.25, 0.3) is 0 Å². The Hall–Kier alpha value is -0.610.